The van der Waals surface area contributed by atoms with Gasteiger partial charge in [0.05, 0.1) is 11.5 Å². The maximum atomic E-state index is 13.3. The second-order valence-corrected chi connectivity index (χ2v) is 7.38. The zero-order valence-corrected chi connectivity index (χ0v) is 15.7. The highest BCUT2D eigenvalue weighted by molar-refractivity contribution is 6.00. The van der Waals surface area contributed by atoms with E-state index in [1.165, 1.54) is 12.8 Å². The number of carbonyl (C=O) groups is 2. The van der Waals surface area contributed by atoms with Crippen molar-refractivity contribution in [1.29, 1.82) is 0 Å². The molecule has 26 heavy (non-hydrogen) atoms. The summed E-state index contributed by atoms with van der Waals surface area (Å²) < 4.78 is 0. The number of piperidine rings is 1. The highest BCUT2D eigenvalue weighted by Crippen LogP contribution is 2.28. The maximum Gasteiger partial charge on any atom is 0.255 e. The summed E-state index contributed by atoms with van der Waals surface area (Å²) in [7, 11) is 0. The topological polar surface area (TPSA) is 78.7 Å². The third kappa shape index (κ3) is 4.18. The number of amides is 2. The molecule has 2 saturated heterocycles. The lowest BCUT2D eigenvalue weighted by Gasteiger charge is -2.33. The van der Waals surface area contributed by atoms with Gasteiger partial charge in [-0.3, -0.25) is 9.59 Å². The predicted molar refractivity (Wildman–Crippen MR) is 103 cm³/mol. The van der Waals surface area contributed by atoms with Gasteiger partial charge in [-0.25, -0.2) is 0 Å². The van der Waals surface area contributed by atoms with Crippen LogP contribution < -0.4 is 16.0 Å². The highest BCUT2D eigenvalue weighted by atomic mass is 16.2. The molecule has 0 aliphatic carbocycles. The largest absolute Gasteiger partial charge is 0.371 e. The van der Waals surface area contributed by atoms with Crippen LogP contribution in [-0.4, -0.2) is 56.0 Å². The van der Waals surface area contributed by atoms with E-state index in [4.69, 9.17) is 5.73 Å². The molecule has 2 aliphatic heterocycles. The Balaban J connectivity index is 1.76. The van der Waals surface area contributed by atoms with Crippen molar-refractivity contribution >= 4 is 17.5 Å². The molecular weight excluding hydrogens is 328 g/mol. The minimum atomic E-state index is -0.140. The SMILES string of the molecule is Cc1ccc(N2CCCC2)c(C(=O)N2CCCC(C(=O)NCCN)C2)c1. The van der Waals surface area contributed by atoms with Crippen molar-refractivity contribution in [2.45, 2.75) is 32.6 Å². The van der Waals surface area contributed by atoms with Gasteiger partial charge in [0.25, 0.3) is 5.91 Å². The lowest BCUT2D eigenvalue weighted by atomic mass is 9.96. The molecule has 2 amide bonds. The van der Waals surface area contributed by atoms with Crippen LogP contribution in [-0.2, 0) is 4.79 Å². The number of likely N-dealkylation sites (tertiary alicyclic amines) is 1. The zero-order valence-electron chi connectivity index (χ0n) is 15.7. The lowest BCUT2D eigenvalue weighted by molar-refractivity contribution is -0.126. The number of nitrogens with zero attached hydrogens (tertiary/aromatic N) is 2. The molecule has 2 aliphatic rings. The first-order valence-electron chi connectivity index (χ1n) is 9.73. The fourth-order valence-electron chi connectivity index (χ4n) is 3.94. The van der Waals surface area contributed by atoms with Crippen LogP contribution in [0.4, 0.5) is 5.69 Å². The number of aryl methyl sites for hydroxylation is 1. The molecule has 142 valence electrons. The van der Waals surface area contributed by atoms with E-state index in [0.717, 1.165) is 42.7 Å². The third-order valence-corrected chi connectivity index (χ3v) is 5.35. The Morgan fingerprint density at radius 2 is 1.96 bits per heavy atom. The number of anilines is 1. The summed E-state index contributed by atoms with van der Waals surface area (Å²) in [4.78, 5) is 29.7. The van der Waals surface area contributed by atoms with Gasteiger partial charge in [0.1, 0.15) is 0 Å². The molecule has 2 fully saturated rings. The molecular formula is C20H30N4O2. The van der Waals surface area contributed by atoms with Gasteiger partial charge in [0.2, 0.25) is 5.91 Å². The first-order chi connectivity index (χ1) is 12.6. The van der Waals surface area contributed by atoms with Gasteiger partial charge in [0, 0.05) is 45.0 Å². The number of benzene rings is 1. The summed E-state index contributed by atoms with van der Waals surface area (Å²) in [6.07, 6.45) is 4.04. The standard InChI is InChI=1S/C20H30N4O2/c1-15-6-7-18(23-10-2-3-11-23)17(13-15)20(26)24-12-4-5-16(14-24)19(25)22-9-8-21/h6-7,13,16H,2-5,8-12,14,21H2,1H3,(H,22,25). The molecule has 0 spiro atoms. The van der Waals surface area contributed by atoms with E-state index in [1.54, 1.807) is 0 Å². The van der Waals surface area contributed by atoms with E-state index in [0.29, 0.717) is 26.2 Å². The van der Waals surface area contributed by atoms with E-state index >= 15 is 0 Å². The summed E-state index contributed by atoms with van der Waals surface area (Å²) in [5, 5.41) is 2.86. The van der Waals surface area contributed by atoms with Crippen LogP contribution in [0.2, 0.25) is 0 Å². The van der Waals surface area contributed by atoms with Crippen LogP contribution in [0, 0.1) is 12.8 Å². The minimum Gasteiger partial charge on any atom is -0.371 e. The van der Waals surface area contributed by atoms with E-state index in [-0.39, 0.29) is 17.7 Å². The molecule has 1 aromatic rings. The van der Waals surface area contributed by atoms with Gasteiger partial charge in [-0.2, -0.15) is 0 Å². The van der Waals surface area contributed by atoms with Crippen LogP contribution >= 0.6 is 0 Å². The van der Waals surface area contributed by atoms with Crippen molar-refractivity contribution in [3.63, 3.8) is 0 Å². The Hall–Kier alpha value is -2.08. The number of carbonyl (C=O) groups excluding carboxylic acids is 2. The van der Waals surface area contributed by atoms with Gasteiger partial charge < -0.3 is 20.9 Å². The Bertz CT molecular complexity index is 655. The molecule has 1 aromatic carbocycles. The molecule has 0 radical (unpaired) electrons. The number of nitrogens with one attached hydrogen (secondary N) is 1. The monoisotopic (exact) mass is 358 g/mol. The van der Waals surface area contributed by atoms with Gasteiger partial charge in [0.15, 0.2) is 0 Å². The molecule has 6 heteroatoms. The first-order valence-corrected chi connectivity index (χ1v) is 9.73. The van der Waals surface area contributed by atoms with E-state index in [2.05, 4.69) is 22.3 Å². The summed E-state index contributed by atoms with van der Waals surface area (Å²) in [5.74, 6) is -0.0804. The zero-order chi connectivity index (χ0) is 18.5. The van der Waals surface area contributed by atoms with Crippen LogP contribution in [0.25, 0.3) is 0 Å². The lowest BCUT2D eigenvalue weighted by Crippen LogP contribution is -2.46. The summed E-state index contributed by atoms with van der Waals surface area (Å²) in [6, 6.07) is 6.14. The van der Waals surface area contributed by atoms with E-state index in [1.807, 2.05) is 17.9 Å². The van der Waals surface area contributed by atoms with Crippen molar-refractivity contribution in [3.05, 3.63) is 29.3 Å². The summed E-state index contributed by atoms with van der Waals surface area (Å²) in [6.45, 7) is 6.16. The van der Waals surface area contributed by atoms with Gasteiger partial charge in [-0.05, 0) is 44.7 Å². The van der Waals surface area contributed by atoms with Crippen molar-refractivity contribution in [2.75, 3.05) is 44.2 Å². The second kappa shape index (κ2) is 8.54. The quantitative estimate of drug-likeness (QED) is 0.837. The molecule has 0 aromatic heterocycles. The van der Waals surface area contributed by atoms with Gasteiger partial charge in [-0.1, -0.05) is 11.6 Å². The smallest absolute Gasteiger partial charge is 0.255 e. The van der Waals surface area contributed by atoms with Crippen LogP contribution in [0.3, 0.4) is 0 Å². The van der Waals surface area contributed by atoms with Crippen LogP contribution in [0.5, 0.6) is 0 Å². The highest BCUT2D eigenvalue weighted by Gasteiger charge is 2.30. The molecule has 3 rings (SSSR count). The summed E-state index contributed by atoms with van der Waals surface area (Å²) >= 11 is 0. The van der Waals surface area contributed by atoms with Crippen LogP contribution in [0.15, 0.2) is 18.2 Å². The predicted octanol–water partition coefficient (Wildman–Crippen LogP) is 1.52. The first kappa shape index (κ1) is 18.7. The van der Waals surface area contributed by atoms with E-state index in [9.17, 15) is 9.59 Å². The Morgan fingerprint density at radius 1 is 1.19 bits per heavy atom. The van der Waals surface area contributed by atoms with E-state index < -0.39 is 0 Å². The number of rotatable bonds is 5. The Morgan fingerprint density at radius 3 is 2.69 bits per heavy atom. The molecule has 0 saturated carbocycles. The molecule has 3 N–H and O–H groups in total. The third-order valence-electron chi connectivity index (χ3n) is 5.35. The van der Waals surface area contributed by atoms with Gasteiger partial charge >= 0.3 is 0 Å². The number of nitrogens with two attached hydrogens (primary N) is 1. The van der Waals surface area contributed by atoms with Crippen molar-refractivity contribution < 1.29 is 9.59 Å². The average Bonchev–Trinajstić information content (AvgIpc) is 3.20. The molecule has 1 atom stereocenters. The fourth-order valence-corrected chi connectivity index (χ4v) is 3.94. The van der Waals surface area contributed by atoms with Crippen LogP contribution in [0.1, 0.15) is 41.6 Å². The molecule has 1 unspecified atom stereocenters. The van der Waals surface area contributed by atoms with Crippen molar-refractivity contribution in [3.8, 4) is 0 Å². The average molecular weight is 358 g/mol. The number of hydrogen-bond acceptors (Lipinski definition) is 4. The number of hydrogen-bond donors (Lipinski definition) is 2. The molecule has 2 heterocycles. The van der Waals surface area contributed by atoms with Gasteiger partial charge in [-0.15, -0.1) is 0 Å². The molecule has 0 bridgehead atoms. The minimum absolute atomic E-state index is 0.0111. The Labute approximate surface area is 155 Å². The summed E-state index contributed by atoms with van der Waals surface area (Å²) in [5.41, 5.74) is 8.36. The van der Waals surface area contributed by atoms with Crippen molar-refractivity contribution in [1.82, 2.24) is 10.2 Å². The normalized spacial score (nSPS) is 20.3. The molecule has 6 nitrogen and oxygen atoms in total. The second-order valence-electron chi connectivity index (χ2n) is 7.38. The van der Waals surface area contributed by atoms with Crippen molar-refractivity contribution in [2.24, 2.45) is 11.7 Å². The fraction of sp³-hybridized carbons (Fsp3) is 0.600. The maximum absolute atomic E-state index is 13.3. The Kier molecular flexibility index (Phi) is 6.14.